The molecule has 0 aliphatic carbocycles. The topological polar surface area (TPSA) is 55.8 Å². The van der Waals surface area contributed by atoms with Crippen molar-refractivity contribution in [3.63, 3.8) is 0 Å². The number of hydrogen-bond donors (Lipinski definition) is 1. The Bertz CT molecular complexity index is 232. The van der Waals surface area contributed by atoms with Crippen molar-refractivity contribution in [3.8, 4) is 0 Å². The summed E-state index contributed by atoms with van der Waals surface area (Å²) >= 11 is 0. The van der Waals surface area contributed by atoms with E-state index in [0.717, 1.165) is 6.08 Å². The zero-order chi connectivity index (χ0) is 10.1. The second-order valence-electron chi connectivity index (χ2n) is 3.50. The lowest BCUT2D eigenvalue weighted by molar-refractivity contribution is -0.141. The molecule has 4 nitrogen and oxygen atoms in total. The lowest BCUT2D eigenvalue weighted by Gasteiger charge is -2.15. The third kappa shape index (κ3) is 2.82. The fourth-order valence-electron chi connectivity index (χ4n) is 1.34. The Labute approximate surface area is 77.1 Å². The van der Waals surface area contributed by atoms with E-state index in [1.807, 2.05) is 6.92 Å². The molecule has 74 valence electrons. The maximum atomic E-state index is 10.2. The van der Waals surface area contributed by atoms with Gasteiger partial charge in [-0.15, -0.1) is 0 Å². The second-order valence-corrected chi connectivity index (χ2v) is 3.50. The van der Waals surface area contributed by atoms with Gasteiger partial charge in [-0.1, -0.05) is 0 Å². The van der Waals surface area contributed by atoms with Gasteiger partial charge in [-0.25, -0.2) is 4.79 Å². The molecule has 1 rings (SSSR count). The minimum Gasteiger partial charge on any atom is -0.478 e. The predicted molar refractivity (Wildman–Crippen MR) is 46.3 cm³/mol. The molecule has 0 aromatic carbocycles. The first kappa shape index (κ1) is 10.2. The summed E-state index contributed by atoms with van der Waals surface area (Å²) in [6, 6.07) is 0. The molecule has 0 radical (unpaired) electrons. The van der Waals surface area contributed by atoms with Gasteiger partial charge in [0, 0.05) is 6.08 Å². The lowest BCUT2D eigenvalue weighted by atomic mass is 10.2. The molecule has 0 spiro atoms. The van der Waals surface area contributed by atoms with Crippen molar-refractivity contribution in [2.45, 2.75) is 38.8 Å². The van der Waals surface area contributed by atoms with Crippen LogP contribution in [0.5, 0.6) is 0 Å². The summed E-state index contributed by atoms with van der Waals surface area (Å²) < 4.78 is 10.9. The molecule has 4 heteroatoms. The highest BCUT2D eigenvalue weighted by Gasteiger charge is 2.37. The van der Waals surface area contributed by atoms with Crippen LogP contribution in [0.3, 0.4) is 0 Å². The smallest absolute Gasteiger partial charge is 0.328 e. The van der Waals surface area contributed by atoms with E-state index in [-0.39, 0.29) is 12.2 Å². The maximum Gasteiger partial charge on any atom is 0.328 e. The van der Waals surface area contributed by atoms with Crippen molar-refractivity contribution in [3.05, 3.63) is 12.2 Å². The largest absolute Gasteiger partial charge is 0.478 e. The maximum absolute atomic E-state index is 10.2. The van der Waals surface area contributed by atoms with Crippen LogP contribution in [0.1, 0.15) is 20.8 Å². The van der Waals surface area contributed by atoms with Gasteiger partial charge in [0.2, 0.25) is 0 Å². The first-order chi connectivity index (χ1) is 5.91. The van der Waals surface area contributed by atoms with Crippen LogP contribution in [0.4, 0.5) is 0 Å². The second kappa shape index (κ2) is 3.47. The van der Waals surface area contributed by atoms with Crippen molar-refractivity contribution in [1.29, 1.82) is 0 Å². The molecule has 1 aliphatic heterocycles. The summed E-state index contributed by atoms with van der Waals surface area (Å²) in [5, 5.41) is 8.41. The predicted octanol–water partition coefficient (Wildman–Crippen LogP) is 1.17. The summed E-state index contributed by atoms with van der Waals surface area (Å²) in [6.07, 6.45) is 2.20. The van der Waals surface area contributed by atoms with Gasteiger partial charge in [0.15, 0.2) is 5.79 Å². The Morgan fingerprint density at radius 3 is 2.46 bits per heavy atom. The number of carboxylic acid groups (broad SMARTS) is 1. The number of ether oxygens (including phenoxy) is 2. The van der Waals surface area contributed by atoms with E-state index >= 15 is 0 Å². The zero-order valence-corrected chi connectivity index (χ0v) is 7.98. The van der Waals surface area contributed by atoms with Crippen molar-refractivity contribution >= 4 is 5.97 Å². The van der Waals surface area contributed by atoms with Crippen LogP contribution in [0.25, 0.3) is 0 Å². The summed E-state index contributed by atoms with van der Waals surface area (Å²) in [6.45, 7) is 5.46. The molecule has 13 heavy (non-hydrogen) atoms. The van der Waals surface area contributed by atoms with Gasteiger partial charge in [-0.2, -0.15) is 0 Å². The highest BCUT2D eigenvalue weighted by Crippen LogP contribution is 2.28. The zero-order valence-electron chi connectivity index (χ0n) is 7.98. The fraction of sp³-hybridized carbons (Fsp3) is 0.667. The third-order valence-electron chi connectivity index (χ3n) is 1.78. The molecule has 0 aromatic rings. The minimum atomic E-state index is -0.972. The van der Waals surface area contributed by atoms with Crippen LogP contribution in [-0.4, -0.2) is 29.1 Å². The molecule has 1 fully saturated rings. The molecule has 0 saturated carbocycles. The number of aliphatic carboxylic acids is 1. The molecule has 2 atom stereocenters. The van der Waals surface area contributed by atoms with Gasteiger partial charge in [-0.3, -0.25) is 0 Å². The van der Waals surface area contributed by atoms with E-state index in [0.29, 0.717) is 0 Å². The van der Waals surface area contributed by atoms with Gasteiger partial charge >= 0.3 is 5.97 Å². The minimum absolute atomic E-state index is 0.106. The number of hydrogen-bond acceptors (Lipinski definition) is 3. The summed E-state index contributed by atoms with van der Waals surface area (Å²) in [4.78, 5) is 10.2. The Morgan fingerprint density at radius 2 is 2.08 bits per heavy atom. The van der Waals surface area contributed by atoms with Gasteiger partial charge in [0.1, 0.15) is 6.10 Å². The Kier molecular flexibility index (Phi) is 2.73. The molecular weight excluding hydrogens is 172 g/mol. The number of rotatable bonds is 2. The van der Waals surface area contributed by atoms with Crippen molar-refractivity contribution in [2.75, 3.05) is 0 Å². The molecule has 0 bridgehead atoms. The first-order valence-corrected chi connectivity index (χ1v) is 4.17. The molecule has 1 saturated heterocycles. The highest BCUT2D eigenvalue weighted by molar-refractivity contribution is 5.79. The van der Waals surface area contributed by atoms with E-state index in [4.69, 9.17) is 14.6 Å². The van der Waals surface area contributed by atoms with Crippen LogP contribution in [0.2, 0.25) is 0 Å². The van der Waals surface area contributed by atoms with Crippen LogP contribution in [0.15, 0.2) is 12.2 Å². The van der Waals surface area contributed by atoms with Crippen molar-refractivity contribution < 1.29 is 19.4 Å². The first-order valence-electron chi connectivity index (χ1n) is 4.17. The summed E-state index contributed by atoms with van der Waals surface area (Å²) in [5.41, 5.74) is 0. The molecule has 1 N–H and O–H groups in total. The molecule has 1 heterocycles. The van der Waals surface area contributed by atoms with Crippen molar-refractivity contribution in [2.24, 2.45) is 0 Å². The van der Waals surface area contributed by atoms with E-state index in [2.05, 4.69) is 0 Å². The SMILES string of the molecule is C[C@@H]1OC(C)(C)O[C@@H]1/C=C\C(=O)O. The van der Waals surface area contributed by atoms with E-state index in [1.54, 1.807) is 13.8 Å². The van der Waals surface area contributed by atoms with Crippen LogP contribution in [-0.2, 0) is 14.3 Å². The van der Waals surface area contributed by atoms with E-state index in [9.17, 15) is 4.79 Å². The van der Waals surface area contributed by atoms with Gasteiger partial charge in [0.25, 0.3) is 0 Å². The van der Waals surface area contributed by atoms with E-state index < -0.39 is 11.8 Å². The standard InChI is InChI=1S/C9H14O4/c1-6-7(4-5-8(10)11)13-9(2,3)12-6/h4-7H,1-3H3,(H,10,11)/b5-4-/t6-,7+/m0/s1. The average Bonchev–Trinajstić information content (AvgIpc) is 2.20. The highest BCUT2D eigenvalue weighted by atomic mass is 16.7. The van der Waals surface area contributed by atoms with Crippen LogP contribution >= 0.6 is 0 Å². The monoisotopic (exact) mass is 186 g/mol. The normalized spacial score (nSPS) is 32.5. The molecule has 0 amide bonds. The van der Waals surface area contributed by atoms with Crippen LogP contribution < -0.4 is 0 Å². The van der Waals surface area contributed by atoms with Gasteiger partial charge in [-0.05, 0) is 26.8 Å². The third-order valence-corrected chi connectivity index (χ3v) is 1.78. The summed E-state index contributed by atoms with van der Waals surface area (Å²) in [5.74, 6) is -1.59. The molecular formula is C9H14O4. The molecule has 0 aromatic heterocycles. The van der Waals surface area contributed by atoms with Gasteiger partial charge < -0.3 is 14.6 Å². The van der Waals surface area contributed by atoms with Crippen LogP contribution in [0, 0.1) is 0 Å². The fourth-order valence-corrected chi connectivity index (χ4v) is 1.34. The summed E-state index contributed by atoms with van der Waals surface area (Å²) in [7, 11) is 0. The Balaban J connectivity index is 2.58. The average molecular weight is 186 g/mol. The lowest BCUT2D eigenvalue weighted by Crippen LogP contribution is -2.20. The van der Waals surface area contributed by atoms with E-state index in [1.165, 1.54) is 6.08 Å². The Morgan fingerprint density at radius 1 is 1.46 bits per heavy atom. The number of carbonyl (C=O) groups is 1. The van der Waals surface area contributed by atoms with Gasteiger partial charge in [0.05, 0.1) is 6.10 Å². The number of carboxylic acids is 1. The van der Waals surface area contributed by atoms with Crippen molar-refractivity contribution in [1.82, 2.24) is 0 Å². The Hall–Kier alpha value is -0.870. The quantitative estimate of drug-likeness (QED) is 0.657. The molecule has 0 unspecified atom stereocenters. The molecule has 1 aliphatic rings.